The summed E-state index contributed by atoms with van der Waals surface area (Å²) in [5.41, 5.74) is 8.27. The molecule has 0 saturated heterocycles. The van der Waals surface area contributed by atoms with Crippen molar-refractivity contribution in [1.29, 1.82) is 0 Å². The molecule has 7 heteroatoms. The molecule has 0 amide bonds. The second kappa shape index (κ2) is 15.1. The molecule has 0 spiro atoms. The van der Waals surface area contributed by atoms with Crippen LogP contribution >= 0.6 is 0 Å². The van der Waals surface area contributed by atoms with E-state index in [0.29, 0.717) is 34.9 Å². The van der Waals surface area contributed by atoms with Crippen LogP contribution in [0.1, 0.15) is 0 Å². The zero-order chi connectivity index (χ0) is 41.7. The first-order valence-electron chi connectivity index (χ1n) is 21.0. The molecule has 0 aliphatic heterocycles. The Balaban J connectivity index is 1.20. The van der Waals surface area contributed by atoms with Crippen molar-refractivity contribution in [2.45, 2.75) is 0 Å². The number of aromatic nitrogens is 7. The van der Waals surface area contributed by atoms with Gasteiger partial charge in [0, 0.05) is 49.5 Å². The average molecular weight is 806 g/mol. The van der Waals surface area contributed by atoms with E-state index in [-0.39, 0.29) is 0 Å². The first kappa shape index (κ1) is 36.2. The number of hydrogen-bond acceptors (Lipinski definition) is 6. The predicted octanol–water partition coefficient (Wildman–Crippen LogP) is 13.5. The van der Waals surface area contributed by atoms with Crippen molar-refractivity contribution < 1.29 is 0 Å². The van der Waals surface area contributed by atoms with Gasteiger partial charge in [-0.05, 0) is 40.4 Å². The van der Waals surface area contributed by atoms with Gasteiger partial charge in [0.25, 0.3) is 0 Å². The van der Waals surface area contributed by atoms with Crippen LogP contribution in [0.25, 0.3) is 117 Å². The molecule has 0 unspecified atom stereocenters. The highest BCUT2D eigenvalue weighted by Crippen LogP contribution is 2.44. The Kier molecular flexibility index (Phi) is 8.67. The van der Waals surface area contributed by atoms with Gasteiger partial charge < -0.3 is 4.57 Å². The summed E-state index contributed by atoms with van der Waals surface area (Å²) in [6.07, 6.45) is 0. The summed E-state index contributed by atoms with van der Waals surface area (Å²) in [4.78, 5) is 31.0. The Bertz CT molecular complexity index is 3550. The molecule has 0 saturated carbocycles. The highest BCUT2D eigenvalue weighted by molar-refractivity contribution is 6.32. The number of fused-ring (bicyclic) bond motifs is 8. The van der Waals surface area contributed by atoms with Gasteiger partial charge in [0.15, 0.2) is 34.9 Å². The van der Waals surface area contributed by atoms with Crippen LogP contribution in [-0.2, 0) is 0 Å². The number of benzene rings is 9. The summed E-state index contributed by atoms with van der Waals surface area (Å²) in [7, 11) is 0. The number of para-hydroxylation sites is 1. The molecule has 9 aromatic carbocycles. The van der Waals surface area contributed by atoms with E-state index in [4.69, 9.17) is 29.9 Å². The lowest BCUT2D eigenvalue weighted by atomic mass is 9.97. The second-order valence-corrected chi connectivity index (χ2v) is 15.5. The third-order valence-corrected chi connectivity index (χ3v) is 11.7. The van der Waals surface area contributed by atoms with Crippen LogP contribution in [0.3, 0.4) is 0 Å². The van der Waals surface area contributed by atoms with Crippen molar-refractivity contribution in [1.82, 2.24) is 34.5 Å². The Hall–Kier alpha value is -8.68. The summed E-state index contributed by atoms with van der Waals surface area (Å²) in [6.45, 7) is 0. The lowest BCUT2D eigenvalue weighted by Gasteiger charge is -2.17. The van der Waals surface area contributed by atoms with Crippen molar-refractivity contribution >= 4 is 43.4 Å². The van der Waals surface area contributed by atoms with Crippen LogP contribution in [0.5, 0.6) is 0 Å². The van der Waals surface area contributed by atoms with Crippen LogP contribution in [0, 0.1) is 0 Å². The molecule has 0 aliphatic carbocycles. The van der Waals surface area contributed by atoms with E-state index in [1.54, 1.807) is 0 Å². The summed E-state index contributed by atoms with van der Waals surface area (Å²) < 4.78 is 2.39. The number of rotatable bonds is 7. The monoisotopic (exact) mass is 805 g/mol. The van der Waals surface area contributed by atoms with Crippen molar-refractivity contribution in [3.63, 3.8) is 0 Å². The fraction of sp³-hybridized carbons (Fsp3) is 0. The fourth-order valence-corrected chi connectivity index (χ4v) is 8.79. The van der Waals surface area contributed by atoms with Crippen LogP contribution in [-0.4, -0.2) is 34.5 Å². The number of hydrogen-bond donors (Lipinski definition) is 0. The van der Waals surface area contributed by atoms with Gasteiger partial charge in [0.2, 0.25) is 0 Å². The van der Waals surface area contributed by atoms with Gasteiger partial charge in [-0.1, -0.05) is 188 Å². The Morgan fingerprint density at radius 1 is 0.270 bits per heavy atom. The zero-order valence-corrected chi connectivity index (χ0v) is 33.8. The molecule has 12 rings (SSSR count). The maximum Gasteiger partial charge on any atom is 0.166 e. The van der Waals surface area contributed by atoms with Crippen molar-refractivity contribution in [2.75, 3.05) is 0 Å². The summed E-state index contributed by atoms with van der Waals surface area (Å²) in [5.74, 6) is 3.39. The normalized spacial score (nSPS) is 11.5. The molecule has 7 nitrogen and oxygen atoms in total. The van der Waals surface area contributed by atoms with Crippen LogP contribution in [0.4, 0.5) is 0 Å². The van der Waals surface area contributed by atoms with Crippen molar-refractivity contribution in [3.8, 4) is 74.0 Å². The molecular formula is C56H35N7. The van der Waals surface area contributed by atoms with Crippen LogP contribution in [0.2, 0.25) is 0 Å². The first-order valence-corrected chi connectivity index (χ1v) is 21.0. The Morgan fingerprint density at radius 3 is 1.13 bits per heavy atom. The molecule has 0 atom stereocenters. The third kappa shape index (κ3) is 6.30. The molecule has 0 fully saturated rings. The lowest BCUT2D eigenvalue weighted by Crippen LogP contribution is -2.05. The van der Waals surface area contributed by atoms with Gasteiger partial charge in [-0.15, -0.1) is 0 Å². The minimum atomic E-state index is 0.524. The van der Waals surface area contributed by atoms with E-state index in [2.05, 4.69) is 95.6 Å². The quantitative estimate of drug-likeness (QED) is 0.149. The highest BCUT2D eigenvalue weighted by Gasteiger charge is 2.24. The van der Waals surface area contributed by atoms with E-state index in [9.17, 15) is 0 Å². The van der Waals surface area contributed by atoms with Gasteiger partial charge in [-0.25, -0.2) is 29.9 Å². The summed E-state index contributed by atoms with van der Waals surface area (Å²) in [5, 5.41) is 7.11. The van der Waals surface area contributed by atoms with E-state index in [1.807, 2.05) is 121 Å². The van der Waals surface area contributed by atoms with Gasteiger partial charge in [-0.3, -0.25) is 0 Å². The SMILES string of the molecule is c1ccc(-c2nc(-c3ccccc3)nc(-c3ccc(-n4c5ccccc5c5c6ccccc6c6ccccc6c54)c(-c4nc(-c5ccccc5)nc(-c5ccccc5)n4)c3)n2)cc1. The number of nitrogens with zero attached hydrogens (tertiary/aromatic N) is 7. The lowest BCUT2D eigenvalue weighted by molar-refractivity contribution is 1.06. The Morgan fingerprint density at radius 2 is 0.635 bits per heavy atom. The molecule has 3 aromatic heterocycles. The van der Waals surface area contributed by atoms with Gasteiger partial charge in [-0.2, -0.15) is 0 Å². The zero-order valence-electron chi connectivity index (χ0n) is 33.8. The largest absolute Gasteiger partial charge is 0.308 e. The molecule has 0 bridgehead atoms. The topological polar surface area (TPSA) is 82.3 Å². The minimum absolute atomic E-state index is 0.524. The van der Waals surface area contributed by atoms with E-state index < -0.39 is 0 Å². The minimum Gasteiger partial charge on any atom is -0.308 e. The molecule has 12 aromatic rings. The molecule has 0 aliphatic rings. The predicted molar refractivity (Wildman–Crippen MR) is 255 cm³/mol. The third-order valence-electron chi connectivity index (χ3n) is 11.7. The first-order chi connectivity index (χ1) is 31.2. The maximum absolute atomic E-state index is 5.32. The van der Waals surface area contributed by atoms with E-state index >= 15 is 0 Å². The maximum atomic E-state index is 5.32. The van der Waals surface area contributed by atoms with Crippen LogP contribution < -0.4 is 0 Å². The van der Waals surface area contributed by atoms with Crippen LogP contribution in [0.15, 0.2) is 212 Å². The summed E-state index contributed by atoms with van der Waals surface area (Å²) in [6, 6.07) is 72.8. The van der Waals surface area contributed by atoms with Gasteiger partial charge >= 0.3 is 0 Å². The second-order valence-electron chi connectivity index (χ2n) is 15.5. The summed E-state index contributed by atoms with van der Waals surface area (Å²) >= 11 is 0. The smallest absolute Gasteiger partial charge is 0.166 e. The highest BCUT2D eigenvalue weighted by atomic mass is 15.1. The van der Waals surface area contributed by atoms with E-state index in [1.165, 1.54) is 21.5 Å². The molecule has 63 heavy (non-hydrogen) atoms. The standard InChI is InChI=1S/C56H35N7/c1-5-19-36(20-6-1)51-57-52(37-21-7-2-8-22-37)60-55(59-51)40-33-34-48(46(35-40)56-61-53(38-23-9-3-10-24-38)58-54(62-56)39-25-11-4-12-26-39)63-47-32-18-17-31-45(47)49-43-29-15-13-27-41(43)42-28-14-16-30-44(42)50(49)63/h1-35H. The molecule has 0 N–H and O–H groups in total. The Labute approximate surface area is 362 Å². The molecule has 0 radical (unpaired) electrons. The average Bonchev–Trinajstić information content (AvgIpc) is 3.72. The van der Waals surface area contributed by atoms with Gasteiger partial charge in [0.1, 0.15) is 0 Å². The fourth-order valence-electron chi connectivity index (χ4n) is 8.79. The molecular weight excluding hydrogens is 771 g/mol. The van der Waals surface area contributed by atoms with Crippen molar-refractivity contribution in [2.24, 2.45) is 0 Å². The van der Waals surface area contributed by atoms with Gasteiger partial charge in [0.05, 0.1) is 16.7 Å². The molecule has 294 valence electrons. The van der Waals surface area contributed by atoms with E-state index in [0.717, 1.165) is 60.9 Å². The molecule has 3 heterocycles. The van der Waals surface area contributed by atoms with Crippen molar-refractivity contribution in [3.05, 3.63) is 212 Å².